The molecule has 1 aromatic carbocycles. The van der Waals surface area contributed by atoms with Crippen LogP contribution in [-0.4, -0.2) is 25.4 Å². The average molecular weight is 263 g/mol. The molecule has 0 radical (unpaired) electrons. The van der Waals surface area contributed by atoms with Crippen molar-refractivity contribution in [3.05, 3.63) is 29.3 Å². The third kappa shape index (κ3) is 3.47. The van der Waals surface area contributed by atoms with Gasteiger partial charge in [0.25, 0.3) is 5.91 Å². The van der Waals surface area contributed by atoms with E-state index in [-0.39, 0.29) is 18.4 Å². The molecule has 0 saturated heterocycles. The van der Waals surface area contributed by atoms with Gasteiger partial charge < -0.3 is 16.4 Å². The molecule has 0 unspecified atom stereocenters. The summed E-state index contributed by atoms with van der Waals surface area (Å²) in [6, 6.07) is 5.20. The zero-order valence-corrected chi connectivity index (χ0v) is 11.8. The first kappa shape index (κ1) is 15.0. The summed E-state index contributed by atoms with van der Waals surface area (Å²) in [5.41, 5.74) is 6.98. The lowest BCUT2D eigenvalue weighted by atomic mass is 9.92. The predicted molar refractivity (Wildman–Crippen MR) is 75.8 cm³/mol. The van der Waals surface area contributed by atoms with Gasteiger partial charge in [0, 0.05) is 24.8 Å². The molecular weight excluding hydrogens is 242 g/mol. The van der Waals surface area contributed by atoms with Gasteiger partial charge in [-0.15, -0.1) is 0 Å². The first-order valence-corrected chi connectivity index (χ1v) is 6.15. The van der Waals surface area contributed by atoms with Gasteiger partial charge in [-0.2, -0.15) is 0 Å². The molecular formula is C14H21N3O2. The summed E-state index contributed by atoms with van der Waals surface area (Å²) >= 11 is 0. The molecule has 0 atom stereocenters. The highest BCUT2D eigenvalue weighted by atomic mass is 16.2. The summed E-state index contributed by atoms with van der Waals surface area (Å²) in [5, 5.41) is 5.35. The number of carbonyl (C=O) groups is 2. The number of carbonyl (C=O) groups excluding carboxylic acids is 2. The standard InChI is InChI=1S/C14H21N3O2/c1-9-10(6-5-7-11(9)15)12(18)17-8-14(2,3)13(19)16-4/h5-7H,8,15H2,1-4H3,(H,16,19)(H,17,18). The van der Waals surface area contributed by atoms with E-state index < -0.39 is 5.41 Å². The second-order valence-corrected chi connectivity index (χ2v) is 5.17. The van der Waals surface area contributed by atoms with Crippen molar-refractivity contribution >= 4 is 17.5 Å². The van der Waals surface area contributed by atoms with Gasteiger partial charge in [-0.1, -0.05) is 6.07 Å². The number of nitrogen functional groups attached to an aromatic ring is 1. The van der Waals surface area contributed by atoms with Crippen LogP contribution in [0.4, 0.5) is 5.69 Å². The van der Waals surface area contributed by atoms with Gasteiger partial charge in [0.1, 0.15) is 0 Å². The van der Waals surface area contributed by atoms with E-state index in [2.05, 4.69) is 10.6 Å². The van der Waals surface area contributed by atoms with Gasteiger partial charge in [-0.05, 0) is 38.5 Å². The lowest BCUT2D eigenvalue weighted by Crippen LogP contribution is -2.43. The Morgan fingerprint density at radius 1 is 1.32 bits per heavy atom. The minimum atomic E-state index is -0.654. The molecule has 0 spiro atoms. The van der Waals surface area contributed by atoms with Gasteiger partial charge in [-0.3, -0.25) is 9.59 Å². The maximum Gasteiger partial charge on any atom is 0.251 e. The van der Waals surface area contributed by atoms with Crippen LogP contribution in [0.3, 0.4) is 0 Å². The first-order valence-electron chi connectivity index (χ1n) is 6.15. The molecule has 4 N–H and O–H groups in total. The van der Waals surface area contributed by atoms with Gasteiger partial charge in [0.05, 0.1) is 5.41 Å². The maximum absolute atomic E-state index is 12.1. The number of nitrogens with one attached hydrogen (secondary N) is 2. The van der Waals surface area contributed by atoms with Gasteiger partial charge in [0.15, 0.2) is 0 Å². The van der Waals surface area contributed by atoms with Crippen molar-refractivity contribution in [2.24, 2.45) is 5.41 Å². The van der Waals surface area contributed by atoms with Crippen LogP contribution in [0.25, 0.3) is 0 Å². The monoisotopic (exact) mass is 263 g/mol. The fourth-order valence-electron chi connectivity index (χ4n) is 1.71. The average Bonchev–Trinajstić information content (AvgIpc) is 2.38. The SMILES string of the molecule is CNC(=O)C(C)(C)CNC(=O)c1cccc(N)c1C. The van der Waals surface area contributed by atoms with Crippen LogP contribution in [0, 0.1) is 12.3 Å². The maximum atomic E-state index is 12.1. The van der Waals surface area contributed by atoms with E-state index in [1.165, 1.54) is 0 Å². The molecule has 0 aliphatic heterocycles. The molecule has 0 bridgehead atoms. The largest absolute Gasteiger partial charge is 0.398 e. The highest BCUT2D eigenvalue weighted by molar-refractivity contribution is 5.97. The molecule has 104 valence electrons. The van der Waals surface area contributed by atoms with E-state index in [4.69, 9.17) is 5.73 Å². The van der Waals surface area contributed by atoms with Crippen LogP contribution in [0.1, 0.15) is 29.8 Å². The Labute approximate surface area is 113 Å². The Morgan fingerprint density at radius 2 is 1.95 bits per heavy atom. The molecule has 0 heterocycles. The minimum Gasteiger partial charge on any atom is -0.398 e. The molecule has 0 aliphatic rings. The molecule has 0 saturated carbocycles. The summed E-state index contributed by atoms with van der Waals surface area (Å²) in [5.74, 6) is -0.334. The van der Waals surface area contributed by atoms with Crippen LogP contribution in [0.2, 0.25) is 0 Å². The quantitative estimate of drug-likeness (QED) is 0.711. The Balaban J connectivity index is 2.76. The smallest absolute Gasteiger partial charge is 0.251 e. The number of rotatable bonds is 4. The summed E-state index contributed by atoms with van der Waals surface area (Å²) in [4.78, 5) is 23.7. The summed E-state index contributed by atoms with van der Waals surface area (Å²) in [6.07, 6.45) is 0. The van der Waals surface area contributed by atoms with E-state index in [1.54, 1.807) is 46.0 Å². The second-order valence-electron chi connectivity index (χ2n) is 5.17. The fourth-order valence-corrected chi connectivity index (χ4v) is 1.71. The summed E-state index contributed by atoms with van der Waals surface area (Å²) in [7, 11) is 1.58. The first-order chi connectivity index (χ1) is 8.79. The molecule has 0 aliphatic carbocycles. The summed E-state index contributed by atoms with van der Waals surface area (Å²) in [6.45, 7) is 5.62. The van der Waals surface area contributed by atoms with E-state index >= 15 is 0 Å². The van der Waals surface area contributed by atoms with Crippen molar-refractivity contribution < 1.29 is 9.59 Å². The molecule has 5 heteroatoms. The molecule has 1 aromatic rings. The molecule has 1 rings (SSSR count). The number of benzene rings is 1. The van der Waals surface area contributed by atoms with Crippen LogP contribution in [-0.2, 0) is 4.79 Å². The molecule has 19 heavy (non-hydrogen) atoms. The van der Waals surface area contributed by atoms with Crippen molar-refractivity contribution in [2.45, 2.75) is 20.8 Å². The Morgan fingerprint density at radius 3 is 2.53 bits per heavy atom. The Hall–Kier alpha value is -2.04. The number of anilines is 1. The lowest BCUT2D eigenvalue weighted by molar-refractivity contribution is -0.128. The highest BCUT2D eigenvalue weighted by Crippen LogP contribution is 2.17. The van der Waals surface area contributed by atoms with E-state index in [0.717, 1.165) is 5.56 Å². The molecule has 5 nitrogen and oxygen atoms in total. The third-order valence-corrected chi connectivity index (χ3v) is 3.15. The third-order valence-electron chi connectivity index (χ3n) is 3.15. The molecule has 2 amide bonds. The number of nitrogens with two attached hydrogens (primary N) is 1. The predicted octanol–water partition coefficient (Wildman–Crippen LogP) is 1.08. The molecule has 0 aromatic heterocycles. The van der Waals surface area contributed by atoms with Gasteiger partial charge >= 0.3 is 0 Å². The van der Waals surface area contributed by atoms with E-state index in [1.807, 2.05) is 0 Å². The zero-order valence-electron chi connectivity index (χ0n) is 11.8. The van der Waals surface area contributed by atoms with Crippen LogP contribution in [0.15, 0.2) is 18.2 Å². The van der Waals surface area contributed by atoms with Crippen LogP contribution in [0.5, 0.6) is 0 Å². The zero-order chi connectivity index (χ0) is 14.6. The van der Waals surface area contributed by atoms with Crippen LogP contribution >= 0.6 is 0 Å². The van der Waals surface area contributed by atoms with Gasteiger partial charge in [-0.25, -0.2) is 0 Å². The Bertz CT molecular complexity index is 495. The van der Waals surface area contributed by atoms with Crippen molar-refractivity contribution in [3.8, 4) is 0 Å². The van der Waals surface area contributed by atoms with Crippen LogP contribution < -0.4 is 16.4 Å². The lowest BCUT2D eigenvalue weighted by Gasteiger charge is -2.23. The topological polar surface area (TPSA) is 84.2 Å². The van der Waals surface area contributed by atoms with Crippen molar-refractivity contribution in [1.82, 2.24) is 10.6 Å². The minimum absolute atomic E-state index is 0.114. The van der Waals surface area contributed by atoms with Crippen molar-refractivity contribution in [3.63, 3.8) is 0 Å². The van der Waals surface area contributed by atoms with Gasteiger partial charge in [0.2, 0.25) is 5.91 Å². The van der Waals surface area contributed by atoms with E-state index in [0.29, 0.717) is 11.3 Å². The Kier molecular flexibility index (Phi) is 4.53. The second kappa shape index (κ2) is 5.73. The van der Waals surface area contributed by atoms with Crippen molar-refractivity contribution in [2.75, 3.05) is 19.3 Å². The number of hydrogen-bond donors (Lipinski definition) is 3. The normalized spacial score (nSPS) is 10.9. The van der Waals surface area contributed by atoms with Crippen molar-refractivity contribution in [1.29, 1.82) is 0 Å². The molecule has 0 fully saturated rings. The highest BCUT2D eigenvalue weighted by Gasteiger charge is 2.27. The number of amides is 2. The van der Waals surface area contributed by atoms with E-state index in [9.17, 15) is 9.59 Å². The number of hydrogen-bond acceptors (Lipinski definition) is 3. The summed E-state index contributed by atoms with van der Waals surface area (Å²) < 4.78 is 0. The fraction of sp³-hybridized carbons (Fsp3) is 0.429.